The number of nitrogens with zero attached hydrogens (tertiary/aromatic N) is 2. The van der Waals surface area contributed by atoms with Crippen molar-refractivity contribution >= 4 is 18.2 Å². The summed E-state index contributed by atoms with van der Waals surface area (Å²) in [7, 11) is 1.79. The lowest BCUT2D eigenvalue weighted by molar-refractivity contribution is -0.131. The number of likely N-dealkylation sites (tertiary alicyclic amines) is 1. The molecule has 2 fully saturated rings. The van der Waals surface area contributed by atoms with Crippen molar-refractivity contribution in [1.82, 2.24) is 15.1 Å². The number of urea groups is 1. The van der Waals surface area contributed by atoms with Gasteiger partial charge < -0.3 is 19.9 Å². The number of hydrogen-bond donors (Lipinski definition) is 1. The Labute approximate surface area is 141 Å². The van der Waals surface area contributed by atoms with E-state index in [1.807, 2.05) is 30.3 Å². The average Bonchev–Trinajstić information content (AvgIpc) is 3.18. The molecule has 0 aromatic heterocycles. The van der Waals surface area contributed by atoms with Crippen molar-refractivity contribution in [2.45, 2.75) is 37.9 Å². The zero-order chi connectivity index (χ0) is 17.1. The average molecular weight is 329 g/mol. The Hall–Kier alpha value is -2.37. The maximum Gasteiger partial charge on any atom is 0.318 e. The van der Waals surface area contributed by atoms with Gasteiger partial charge in [0.15, 0.2) is 0 Å². The summed E-state index contributed by atoms with van der Waals surface area (Å²) in [5.74, 6) is -0.0996. The molecule has 1 heterocycles. The Kier molecular flexibility index (Phi) is 4.83. The van der Waals surface area contributed by atoms with Crippen LogP contribution in [0.5, 0.6) is 0 Å². The Morgan fingerprint density at radius 2 is 2.08 bits per heavy atom. The molecule has 3 atom stereocenters. The summed E-state index contributed by atoms with van der Waals surface area (Å²) in [6.45, 7) is 1.17. The molecule has 24 heavy (non-hydrogen) atoms. The van der Waals surface area contributed by atoms with Crippen LogP contribution in [0.25, 0.3) is 0 Å². The van der Waals surface area contributed by atoms with Crippen molar-refractivity contribution in [2.24, 2.45) is 5.92 Å². The lowest BCUT2D eigenvalue weighted by Crippen LogP contribution is -2.45. The number of hydrogen-bond acceptors (Lipinski definition) is 3. The molecule has 1 saturated heterocycles. The Morgan fingerprint density at radius 1 is 1.33 bits per heavy atom. The van der Waals surface area contributed by atoms with Crippen molar-refractivity contribution in [3.63, 3.8) is 0 Å². The van der Waals surface area contributed by atoms with Gasteiger partial charge in [-0.15, -0.1) is 0 Å². The van der Waals surface area contributed by atoms with Gasteiger partial charge in [0.05, 0.1) is 12.0 Å². The second kappa shape index (κ2) is 7.03. The monoisotopic (exact) mass is 329 g/mol. The molecule has 1 aliphatic carbocycles. The molecule has 1 aliphatic heterocycles. The molecular formula is C18H23N3O3. The SMILES string of the molecule is CN(Cc1ccccc1)C(=O)C1CC1NC(=O)N1CCC[C@H]1C=O. The minimum absolute atomic E-state index is 0.0533. The number of nitrogens with one attached hydrogen (secondary N) is 1. The Morgan fingerprint density at radius 3 is 2.79 bits per heavy atom. The summed E-state index contributed by atoms with van der Waals surface area (Å²) < 4.78 is 0. The van der Waals surface area contributed by atoms with E-state index < -0.39 is 0 Å². The van der Waals surface area contributed by atoms with Crippen LogP contribution in [0, 0.1) is 5.92 Å². The highest BCUT2D eigenvalue weighted by molar-refractivity contribution is 5.85. The summed E-state index contributed by atoms with van der Waals surface area (Å²) in [4.78, 5) is 38.9. The maximum absolute atomic E-state index is 12.4. The van der Waals surface area contributed by atoms with Crippen molar-refractivity contribution < 1.29 is 14.4 Å². The Balaban J connectivity index is 1.48. The maximum atomic E-state index is 12.4. The van der Waals surface area contributed by atoms with E-state index in [1.165, 1.54) is 0 Å². The van der Waals surface area contributed by atoms with Gasteiger partial charge in [-0.1, -0.05) is 30.3 Å². The van der Waals surface area contributed by atoms with Crippen LogP contribution in [0.4, 0.5) is 4.79 Å². The molecular weight excluding hydrogens is 306 g/mol. The van der Waals surface area contributed by atoms with Crippen LogP contribution in [-0.2, 0) is 16.1 Å². The molecule has 6 heteroatoms. The van der Waals surface area contributed by atoms with Gasteiger partial charge in [-0.05, 0) is 24.8 Å². The van der Waals surface area contributed by atoms with Gasteiger partial charge in [0, 0.05) is 26.2 Å². The molecule has 128 valence electrons. The standard InChI is InChI=1S/C18H23N3O3/c1-20(11-13-6-3-2-4-7-13)17(23)15-10-16(15)19-18(24)21-9-5-8-14(21)12-22/h2-4,6-7,12,14-16H,5,8-11H2,1H3,(H,19,24)/t14-,15?,16?/m0/s1. The van der Waals surface area contributed by atoms with E-state index in [-0.39, 0.29) is 29.9 Å². The van der Waals surface area contributed by atoms with Crippen LogP contribution < -0.4 is 5.32 Å². The lowest BCUT2D eigenvalue weighted by atomic mass is 10.2. The van der Waals surface area contributed by atoms with E-state index in [4.69, 9.17) is 0 Å². The first kappa shape index (κ1) is 16.5. The van der Waals surface area contributed by atoms with Crippen LogP contribution >= 0.6 is 0 Å². The van der Waals surface area contributed by atoms with Crippen molar-refractivity contribution in [1.29, 1.82) is 0 Å². The molecule has 1 aromatic carbocycles. The smallest absolute Gasteiger partial charge is 0.318 e. The summed E-state index contributed by atoms with van der Waals surface area (Å²) in [5.41, 5.74) is 1.08. The zero-order valence-corrected chi connectivity index (χ0v) is 13.9. The predicted octanol–water partition coefficient (Wildman–Crippen LogP) is 1.41. The van der Waals surface area contributed by atoms with E-state index >= 15 is 0 Å². The van der Waals surface area contributed by atoms with E-state index in [0.29, 0.717) is 19.5 Å². The molecule has 1 N–H and O–H groups in total. The topological polar surface area (TPSA) is 69.7 Å². The predicted molar refractivity (Wildman–Crippen MR) is 89.1 cm³/mol. The van der Waals surface area contributed by atoms with Crippen LogP contribution in [0.2, 0.25) is 0 Å². The fourth-order valence-electron chi connectivity index (χ4n) is 3.27. The van der Waals surface area contributed by atoms with Gasteiger partial charge in [-0.3, -0.25) is 4.79 Å². The largest absolute Gasteiger partial charge is 0.341 e. The zero-order valence-electron chi connectivity index (χ0n) is 13.9. The number of aldehydes is 1. The first-order valence-corrected chi connectivity index (χ1v) is 8.41. The molecule has 0 radical (unpaired) electrons. The van der Waals surface area contributed by atoms with Crippen LogP contribution in [0.15, 0.2) is 30.3 Å². The van der Waals surface area contributed by atoms with Gasteiger partial charge in [0.25, 0.3) is 0 Å². The van der Waals surface area contributed by atoms with Crippen molar-refractivity contribution in [3.05, 3.63) is 35.9 Å². The number of amides is 3. The van der Waals surface area contributed by atoms with Crippen LogP contribution in [0.3, 0.4) is 0 Å². The van der Waals surface area contributed by atoms with Gasteiger partial charge in [-0.25, -0.2) is 4.79 Å². The number of benzene rings is 1. The molecule has 3 amide bonds. The molecule has 2 unspecified atom stereocenters. The first-order chi connectivity index (χ1) is 11.6. The first-order valence-electron chi connectivity index (χ1n) is 8.41. The Bertz CT molecular complexity index is 619. The number of carbonyl (C=O) groups excluding carboxylic acids is 3. The van der Waals surface area contributed by atoms with Crippen molar-refractivity contribution in [3.8, 4) is 0 Å². The number of rotatable bonds is 5. The summed E-state index contributed by atoms with van der Waals surface area (Å²) in [6.07, 6.45) is 3.08. The van der Waals surface area contributed by atoms with E-state index in [1.54, 1.807) is 16.8 Å². The second-order valence-corrected chi connectivity index (χ2v) is 6.62. The van der Waals surface area contributed by atoms with E-state index in [0.717, 1.165) is 24.7 Å². The van der Waals surface area contributed by atoms with Gasteiger partial charge >= 0.3 is 6.03 Å². The second-order valence-electron chi connectivity index (χ2n) is 6.62. The summed E-state index contributed by atoms with van der Waals surface area (Å²) in [6, 6.07) is 9.17. The van der Waals surface area contributed by atoms with Gasteiger partial charge in [-0.2, -0.15) is 0 Å². The highest BCUT2D eigenvalue weighted by Gasteiger charge is 2.46. The van der Waals surface area contributed by atoms with E-state index in [2.05, 4.69) is 5.32 Å². The molecule has 0 spiro atoms. The fourth-order valence-corrected chi connectivity index (χ4v) is 3.27. The highest BCUT2D eigenvalue weighted by atomic mass is 16.2. The minimum atomic E-state index is -0.321. The van der Waals surface area contributed by atoms with Gasteiger partial charge in [0.2, 0.25) is 5.91 Å². The molecule has 6 nitrogen and oxygen atoms in total. The quantitative estimate of drug-likeness (QED) is 0.830. The molecule has 2 aliphatic rings. The fraction of sp³-hybridized carbons (Fsp3) is 0.500. The lowest BCUT2D eigenvalue weighted by Gasteiger charge is -2.21. The molecule has 0 bridgehead atoms. The molecule has 3 rings (SSSR count). The summed E-state index contributed by atoms with van der Waals surface area (Å²) in [5, 5.41) is 2.89. The highest BCUT2D eigenvalue weighted by Crippen LogP contribution is 2.33. The van der Waals surface area contributed by atoms with Crippen molar-refractivity contribution in [2.75, 3.05) is 13.6 Å². The third kappa shape index (κ3) is 3.58. The third-order valence-electron chi connectivity index (χ3n) is 4.77. The number of carbonyl (C=O) groups is 3. The third-order valence-corrected chi connectivity index (χ3v) is 4.77. The summed E-state index contributed by atoms with van der Waals surface area (Å²) >= 11 is 0. The molecule has 1 aromatic rings. The van der Waals surface area contributed by atoms with Crippen LogP contribution in [-0.4, -0.2) is 53.7 Å². The molecule has 1 saturated carbocycles. The van der Waals surface area contributed by atoms with E-state index in [9.17, 15) is 14.4 Å². The minimum Gasteiger partial charge on any atom is -0.341 e. The van der Waals surface area contributed by atoms with Gasteiger partial charge in [0.1, 0.15) is 6.29 Å². The van der Waals surface area contributed by atoms with Crippen LogP contribution in [0.1, 0.15) is 24.8 Å². The normalized spacial score (nSPS) is 25.2.